The van der Waals surface area contributed by atoms with Crippen LogP contribution >= 0.6 is 0 Å². The zero-order chi connectivity index (χ0) is 36.3. The van der Waals surface area contributed by atoms with Gasteiger partial charge in [0, 0.05) is 23.1 Å². The van der Waals surface area contributed by atoms with E-state index in [4.69, 9.17) is 4.98 Å². The molecule has 0 amide bonds. The summed E-state index contributed by atoms with van der Waals surface area (Å²) < 4.78 is 2.27. The van der Waals surface area contributed by atoms with Crippen LogP contribution in [0.15, 0.2) is 205 Å². The molecule has 0 aliphatic heterocycles. The van der Waals surface area contributed by atoms with Crippen molar-refractivity contribution >= 4 is 27.4 Å². The minimum atomic E-state index is 0.310. The predicted molar refractivity (Wildman–Crippen MR) is 229 cm³/mol. The zero-order valence-electron chi connectivity index (χ0n) is 30.6. The fraction of sp³-hybridized carbons (Fsp3) is 0.113. The SMILES string of the molecule is C1=CCC2C=C(C3c4ccc(-c5ccc(-c6nc7ccccc7n6-c6ccccc6)cc5)cc4C(c4ccc5ccccc5c4)=C4C=CCCC43)C=CC2=C1. The van der Waals surface area contributed by atoms with Gasteiger partial charge in [-0.25, -0.2) is 4.98 Å². The molecule has 55 heavy (non-hydrogen) atoms. The van der Waals surface area contributed by atoms with Gasteiger partial charge < -0.3 is 0 Å². The Balaban J connectivity index is 1.06. The molecule has 1 heterocycles. The van der Waals surface area contributed by atoms with Crippen LogP contribution in [0.4, 0.5) is 0 Å². The first-order chi connectivity index (χ1) is 27.3. The summed E-state index contributed by atoms with van der Waals surface area (Å²) in [4.78, 5) is 5.13. The van der Waals surface area contributed by atoms with Crippen molar-refractivity contribution in [1.82, 2.24) is 9.55 Å². The molecular weight excluding hydrogens is 665 g/mol. The van der Waals surface area contributed by atoms with Gasteiger partial charge in [-0.15, -0.1) is 0 Å². The van der Waals surface area contributed by atoms with E-state index in [0.717, 1.165) is 47.4 Å². The molecule has 4 aliphatic rings. The normalized spacial score (nSPS) is 19.9. The van der Waals surface area contributed by atoms with Gasteiger partial charge >= 0.3 is 0 Å². The maximum Gasteiger partial charge on any atom is 0.145 e. The molecule has 3 atom stereocenters. The monoisotopic (exact) mass is 704 g/mol. The van der Waals surface area contributed by atoms with E-state index in [1.807, 2.05) is 0 Å². The van der Waals surface area contributed by atoms with Crippen LogP contribution in [-0.2, 0) is 0 Å². The number of aromatic nitrogens is 2. The lowest BCUT2D eigenvalue weighted by atomic mass is 9.63. The van der Waals surface area contributed by atoms with E-state index >= 15 is 0 Å². The maximum atomic E-state index is 5.13. The van der Waals surface area contributed by atoms with Gasteiger partial charge in [-0.1, -0.05) is 152 Å². The van der Waals surface area contributed by atoms with Gasteiger partial charge in [0.1, 0.15) is 5.82 Å². The number of hydrogen-bond donors (Lipinski definition) is 0. The van der Waals surface area contributed by atoms with Crippen molar-refractivity contribution in [3.05, 3.63) is 222 Å². The lowest BCUT2D eigenvalue weighted by molar-refractivity contribution is 0.492. The number of rotatable bonds is 5. The highest BCUT2D eigenvalue weighted by molar-refractivity contribution is 5.94. The van der Waals surface area contributed by atoms with Crippen molar-refractivity contribution in [2.75, 3.05) is 0 Å². The van der Waals surface area contributed by atoms with Crippen LogP contribution in [0.2, 0.25) is 0 Å². The summed E-state index contributed by atoms with van der Waals surface area (Å²) in [7, 11) is 0. The number of imidazole rings is 1. The van der Waals surface area contributed by atoms with Crippen molar-refractivity contribution in [3.8, 4) is 28.2 Å². The average Bonchev–Trinajstić information content (AvgIpc) is 3.65. The van der Waals surface area contributed by atoms with Crippen molar-refractivity contribution < 1.29 is 0 Å². The minimum absolute atomic E-state index is 0.310. The van der Waals surface area contributed by atoms with Crippen molar-refractivity contribution in [2.24, 2.45) is 11.8 Å². The number of benzene rings is 6. The molecule has 0 saturated carbocycles. The summed E-state index contributed by atoms with van der Waals surface area (Å²) >= 11 is 0. The third kappa shape index (κ3) is 5.43. The first kappa shape index (κ1) is 32.0. The van der Waals surface area contributed by atoms with Crippen molar-refractivity contribution in [1.29, 1.82) is 0 Å². The third-order valence-corrected chi connectivity index (χ3v) is 12.2. The zero-order valence-corrected chi connectivity index (χ0v) is 30.6. The van der Waals surface area contributed by atoms with Gasteiger partial charge in [0.2, 0.25) is 0 Å². The van der Waals surface area contributed by atoms with Crippen LogP contribution in [0.25, 0.3) is 55.6 Å². The molecule has 3 unspecified atom stereocenters. The first-order valence-electron chi connectivity index (χ1n) is 19.7. The van der Waals surface area contributed by atoms with E-state index in [9.17, 15) is 0 Å². The quantitative estimate of drug-likeness (QED) is 0.174. The second kappa shape index (κ2) is 13.1. The number of fused-ring (bicyclic) bond motifs is 5. The Morgan fingerprint density at radius 2 is 1.36 bits per heavy atom. The van der Waals surface area contributed by atoms with Gasteiger partial charge in [0.25, 0.3) is 0 Å². The molecule has 6 aromatic carbocycles. The molecule has 11 rings (SSSR count). The lowest BCUT2D eigenvalue weighted by Gasteiger charge is -2.40. The molecule has 0 bridgehead atoms. The van der Waals surface area contributed by atoms with Crippen LogP contribution in [-0.4, -0.2) is 9.55 Å². The highest BCUT2D eigenvalue weighted by atomic mass is 15.1. The molecular formula is C53H40N2. The van der Waals surface area contributed by atoms with Crippen LogP contribution in [0.3, 0.4) is 0 Å². The molecule has 2 nitrogen and oxygen atoms in total. The fourth-order valence-electron chi connectivity index (χ4n) is 9.62. The standard InChI is InChI=1S/C53H40N2/c1-2-16-44(17-3-1)55-50-21-11-10-20-49(50)54-53(55)38-26-22-37(23-27-38)41-30-31-47-48(34-41)52(43-29-25-36-13-5-7-15-40(36)33-43)46-19-9-8-18-45(46)51(47)42-28-24-35-12-4-6-14-39(35)32-42/h1-7,9-13,15-17,19-34,39,45,51H,8,14,18H2. The Labute approximate surface area is 322 Å². The van der Waals surface area contributed by atoms with Gasteiger partial charge in [-0.05, 0) is 122 Å². The summed E-state index contributed by atoms with van der Waals surface area (Å²) in [6, 6.07) is 51.1. The second-order valence-corrected chi connectivity index (χ2v) is 15.4. The van der Waals surface area contributed by atoms with E-state index in [1.54, 1.807) is 0 Å². The Hall–Kier alpha value is -6.51. The number of nitrogens with zero attached hydrogens (tertiary/aromatic N) is 2. The van der Waals surface area contributed by atoms with Gasteiger partial charge in [-0.3, -0.25) is 4.57 Å². The summed E-state index contributed by atoms with van der Waals surface area (Å²) in [5.41, 5.74) is 16.6. The van der Waals surface area contributed by atoms with Gasteiger partial charge in [0.05, 0.1) is 11.0 Å². The summed E-state index contributed by atoms with van der Waals surface area (Å²) in [5.74, 6) is 2.14. The molecule has 0 N–H and O–H groups in total. The molecule has 262 valence electrons. The molecule has 0 fully saturated rings. The van der Waals surface area contributed by atoms with E-state index in [0.29, 0.717) is 17.8 Å². The topological polar surface area (TPSA) is 17.8 Å². The molecule has 7 aromatic rings. The van der Waals surface area contributed by atoms with Crippen molar-refractivity contribution in [2.45, 2.75) is 25.2 Å². The lowest BCUT2D eigenvalue weighted by Crippen LogP contribution is -2.26. The molecule has 0 saturated heterocycles. The average molecular weight is 705 g/mol. The summed E-state index contributed by atoms with van der Waals surface area (Å²) in [5, 5.41) is 2.56. The Morgan fingerprint density at radius 3 is 2.27 bits per heavy atom. The number of hydrogen-bond acceptors (Lipinski definition) is 1. The highest BCUT2D eigenvalue weighted by Crippen LogP contribution is 2.53. The van der Waals surface area contributed by atoms with E-state index < -0.39 is 0 Å². The molecule has 0 radical (unpaired) electrons. The van der Waals surface area contributed by atoms with Crippen LogP contribution in [0.5, 0.6) is 0 Å². The molecule has 1 aromatic heterocycles. The maximum absolute atomic E-state index is 5.13. The Morgan fingerprint density at radius 1 is 0.600 bits per heavy atom. The van der Waals surface area contributed by atoms with E-state index in [-0.39, 0.29) is 0 Å². The highest BCUT2D eigenvalue weighted by Gasteiger charge is 2.38. The third-order valence-electron chi connectivity index (χ3n) is 12.2. The van der Waals surface area contributed by atoms with Crippen LogP contribution in [0.1, 0.15) is 41.9 Å². The smallest absolute Gasteiger partial charge is 0.145 e. The van der Waals surface area contributed by atoms with E-state index in [2.05, 4.69) is 193 Å². The number of allylic oxidation sites excluding steroid dienone is 11. The largest absolute Gasteiger partial charge is 0.292 e. The summed E-state index contributed by atoms with van der Waals surface area (Å²) in [6.07, 6.45) is 22.4. The van der Waals surface area contributed by atoms with E-state index in [1.165, 1.54) is 60.9 Å². The van der Waals surface area contributed by atoms with Crippen molar-refractivity contribution in [3.63, 3.8) is 0 Å². The molecule has 0 spiro atoms. The fourth-order valence-corrected chi connectivity index (χ4v) is 9.62. The first-order valence-corrected chi connectivity index (χ1v) is 19.7. The van der Waals surface area contributed by atoms with Gasteiger partial charge in [0.15, 0.2) is 0 Å². The predicted octanol–water partition coefficient (Wildman–Crippen LogP) is 13.4. The van der Waals surface area contributed by atoms with Crippen LogP contribution < -0.4 is 0 Å². The minimum Gasteiger partial charge on any atom is -0.292 e. The van der Waals surface area contributed by atoms with Gasteiger partial charge in [-0.2, -0.15) is 0 Å². The Bertz CT molecular complexity index is 2840. The molecule has 4 aliphatic carbocycles. The summed E-state index contributed by atoms with van der Waals surface area (Å²) in [6.45, 7) is 0. The second-order valence-electron chi connectivity index (χ2n) is 15.4. The van der Waals surface area contributed by atoms with Crippen LogP contribution in [0, 0.1) is 11.8 Å². The Kier molecular flexibility index (Phi) is 7.62. The number of para-hydroxylation sites is 3. The molecule has 2 heteroatoms.